The lowest BCUT2D eigenvalue weighted by Gasteiger charge is -2.28. The van der Waals surface area contributed by atoms with Crippen molar-refractivity contribution < 1.29 is 33.4 Å². The Bertz CT molecular complexity index is 1370. The monoisotopic (exact) mass is 536 g/mol. The second kappa shape index (κ2) is 10.6. The molecule has 0 saturated carbocycles. The number of nitrogens with zero attached hydrogens (tertiary/aromatic N) is 2. The minimum absolute atomic E-state index is 0.0843. The van der Waals surface area contributed by atoms with Crippen molar-refractivity contribution in [3.8, 4) is 11.1 Å². The molecule has 1 aromatic heterocycles. The molecule has 3 amide bonds. The third-order valence-electron chi connectivity index (χ3n) is 5.07. The second-order valence-corrected chi connectivity index (χ2v) is 12.1. The largest absolute Gasteiger partial charge is 0.443 e. The van der Waals surface area contributed by atoms with Gasteiger partial charge in [-0.15, -0.1) is 4.90 Å². The Balaban J connectivity index is 2.27. The summed E-state index contributed by atoms with van der Waals surface area (Å²) in [7, 11) is 0. The highest BCUT2D eigenvalue weighted by atomic mass is 16.6. The van der Waals surface area contributed by atoms with Crippen molar-refractivity contribution in [2.24, 2.45) is 0 Å². The summed E-state index contributed by atoms with van der Waals surface area (Å²) in [5, 5.41) is 0.527. The summed E-state index contributed by atoms with van der Waals surface area (Å²) in [6.07, 6.45) is -1.64. The molecule has 0 bridgehead atoms. The number of benzene rings is 2. The van der Waals surface area contributed by atoms with Gasteiger partial charge in [-0.25, -0.2) is 14.4 Å². The number of ether oxygens (including phenoxy) is 3. The third kappa shape index (κ3) is 7.46. The molecule has 1 heterocycles. The molecule has 0 fully saturated rings. The lowest BCUT2D eigenvalue weighted by Crippen LogP contribution is -2.47. The first-order valence-electron chi connectivity index (χ1n) is 12.6. The van der Waals surface area contributed by atoms with Gasteiger partial charge in [0.25, 0.3) is 5.91 Å². The van der Waals surface area contributed by atoms with Crippen molar-refractivity contribution in [1.29, 1.82) is 0 Å². The van der Waals surface area contributed by atoms with Gasteiger partial charge in [0.1, 0.15) is 16.8 Å². The molecule has 0 spiro atoms. The van der Waals surface area contributed by atoms with Crippen LogP contribution in [0.15, 0.2) is 54.7 Å². The molecule has 0 atom stereocenters. The van der Waals surface area contributed by atoms with Gasteiger partial charge in [0, 0.05) is 11.6 Å². The summed E-state index contributed by atoms with van der Waals surface area (Å²) in [4.78, 5) is 54.0. The van der Waals surface area contributed by atoms with Gasteiger partial charge in [0.15, 0.2) is 0 Å². The van der Waals surface area contributed by atoms with E-state index in [2.05, 4.69) is 0 Å². The Labute approximate surface area is 228 Å². The number of carbonyl (C=O) groups excluding carboxylic acids is 4. The first-order chi connectivity index (χ1) is 17.9. The van der Waals surface area contributed by atoms with Gasteiger partial charge in [-0.1, -0.05) is 30.3 Å². The van der Waals surface area contributed by atoms with Crippen LogP contribution in [0.5, 0.6) is 0 Å². The van der Waals surface area contributed by atoms with Crippen LogP contribution in [0.2, 0.25) is 0 Å². The van der Waals surface area contributed by atoms with E-state index < -0.39 is 41.0 Å². The Morgan fingerprint density at radius 1 is 0.667 bits per heavy atom. The average molecular weight is 537 g/mol. The van der Waals surface area contributed by atoms with E-state index in [1.54, 1.807) is 68.4 Å². The van der Waals surface area contributed by atoms with Crippen molar-refractivity contribution >= 4 is 35.1 Å². The van der Waals surface area contributed by atoms with Crippen LogP contribution in [0.3, 0.4) is 0 Å². The van der Waals surface area contributed by atoms with Gasteiger partial charge < -0.3 is 14.2 Å². The maximum atomic E-state index is 14.1. The van der Waals surface area contributed by atoms with Gasteiger partial charge >= 0.3 is 18.3 Å². The first-order valence-corrected chi connectivity index (χ1v) is 12.6. The highest BCUT2D eigenvalue weighted by molar-refractivity contribution is 6.19. The van der Waals surface area contributed by atoms with E-state index in [9.17, 15) is 19.2 Å². The molecule has 208 valence electrons. The average Bonchev–Trinajstić information content (AvgIpc) is 3.20. The molecule has 0 aliphatic rings. The molecule has 3 rings (SSSR count). The molecule has 0 N–H and O–H groups in total. The zero-order valence-electron chi connectivity index (χ0n) is 23.9. The van der Waals surface area contributed by atoms with Gasteiger partial charge in [-0.05, 0) is 91.6 Å². The molecular formula is C30H36N2O7. The Hall–Kier alpha value is -4.14. The smallest absolute Gasteiger partial charge is 0.427 e. The minimum atomic E-state index is -1.20. The topological polar surface area (TPSA) is 104 Å². The van der Waals surface area contributed by atoms with Crippen LogP contribution in [0.1, 0.15) is 72.7 Å². The first kappa shape index (κ1) is 29.4. The highest BCUT2D eigenvalue weighted by Gasteiger charge is 2.38. The summed E-state index contributed by atoms with van der Waals surface area (Å²) in [6, 6.07) is 14.3. The fraction of sp³-hybridized carbons (Fsp3) is 0.400. The number of hydrogen-bond acceptors (Lipinski definition) is 7. The van der Waals surface area contributed by atoms with Gasteiger partial charge in [-0.3, -0.25) is 9.36 Å². The lowest BCUT2D eigenvalue weighted by atomic mass is 9.99. The SMILES string of the molecule is CC(C)(C)OC(=O)N(C(=O)OC(C)(C)C)C(=O)c1cc(-c2ccccc2)cc2ccn(C(=O)OC(C)(C)C)c12. The Kier molecular flexibility index (Phi) is 7.96. The van der Waals surface area contributed by atoms with Crippen LogP contribution in [-0.2, 0) is 14.2 Å². The summed E-state index contributed by atoms with van der Waals surface area (Å²) < 4.78 is 17.5. The molecule has 0 aliphatic carbocycles. The summed E-state index contributed by atoms with van der Waals surface area (Å²) in [5.41, 5.74) is -1.29. The normalized spacial score (nSPS) is 12.1. The molecule has 0 unspecified atom stereocenters. The van der Waals surface area contributed by atoms with Crippen molar-refractivity contribution in [2.75, 3.05) is 0 Å². The predicted octanol–water partition coefficient (Wildman–Crippen LogP) is 7.40. The van der Waals surface area contributed by atoms with Crippen molar-refractivity contribution in [1.82, 2.24) is 9.47 Å². The predicted molar refractivity (Wildman–Crippen MR) is 148 cm³/mol. The molecule has 9 heteroatoms. The summed E-state index contributed by atoms with van der Waals surface area (Å²) >= 11 is 0. The molecule has 0 saturated heterocycles. The highest BCUT2D eigenvalue weighted by Crippen LogP contribution is 2.31. The van der Waals surface area contributed by atoms with Crippen molar-refractivity contribution in [2.45, 2.75) is 79.1 Å². The van der Waals surface area contributed by atoms with Gasteiger partial charge in [0.2, 0.25) is 0 Å². The fourth-order valence-corrected chi connectivity index (χ4v) is 3.68. The number of imide groups is 3. The van der Waals surface area contributed by atoms with Crippen LogP contribution in [0.4, 0.5) is 14.4 Å². The number of fused-ring (bicyclic) bond motifs is 1. The van der Waals surface area contributed by atoms with Crippen molar-refractivity contribution in [3.63, 3.8) is 0 Å². The van der Waals surface area contributed by atoms with Crippen molar-refractivity contribution in [3.05, 3.63) is 60.3 Å². The van der Waals surface area contributed by atoms with E-state index in [0.29, 0.717) is 15.8 Å². The Morgan fingerprint density at radius 2 is 1.18 bits per heavy atom. The number of hydrogen-bond donors (Lipinski definition) is 0. The number of carbonyl (C=O) groups is 4. The maximum Gasteiger partial charge on any atom is 0.427 e. The quantitative estimate of drug-likeness (QED) is 0.314. The van der Waals surface area contributed by atoms with E-state index in [1.165, 1.54) is 16.8 Å². The zero-order chi connectivity index (χ0) is 29.3. The van der Waals surface area contributed by atoms with Crippen LogP contribution < -0.4 is 0 Å². The maximum absolute atomic E-state index is 14.1. The summed E-state index contributed by atoms with van der Waals surface area (Å²) in [5.74, 6) is -1.01. The molecule has 0 radical (unpaired) electrons. The number of aromatic nitrogens is 1. The number of amides is 3. The molecule has 0 aliphatic heterocycles. The number of rotatable bonds is 2. The summed E-state index contributed by atoms with van der Waals surface area (Å²) in [6.45, 7) is 14.9. The molecular weight excluding hydrogens is 500 g/mol. The molecule has 39 heavy (non-hydrogen) atoms. The molecule has 3 aromatic rings. The van der Waals surface area contributed by atoms with Crippen LogP contribution >= 0.6 is 0 Å². The van der Waals surface area contributed by atoms with Crippen LogP contribution in [-0.4, -0.2) is 50.5 Å². The second-order valence-electron chi connectivity index (χ2n) is 12.1. The van der Waals surface area contributed by atoms with E-state index >= 15 is 0 Å². The minimum Gasteiger partial charge on any atom is -0.443 e. The standard InChI is InChI=1S/C30H36N2O7/c1-28(2,3)37-25(34)31-16-15-20-17-21(19-13-11-10-12-14-19)18-22(23(20)31)24(33)32(26(35)38-29(4,5)6)27(36)39-30(7,8)9/h10-18H,1-9H3. The molecule has 9 nitrogen and oxygen atoms in total. The van der Waals surface area contributed by atoms with Gasteiger partial charge in [-0.2, -0.15) is 0 Å². The van der Waals surface area contributed by atoms with E-state index in [4.69, 9.17) is 14.2 Å². The Morgan fingerprint density at radius 3 is 1.67 bits per heavy atom. The van der Waals surface area contributed by atoms with Crippen LogP contribution in [0.25, 0.3) is 22.0 Å². The fourth-order valence-electron chi connectivity index (χ4n) is 3.68. The lowest BCUT2D eigenvalue weighted by molar-refractivity contribution is 0.00399. The molecule has 2 aromatic carbocycles. The van der Waals surface area contributed by atoms with E-state index in [1.807, 2.05) is 36.4 Å². The zero-order valence-corrected chi connectivity index (χ0v) is 23.9. The van der Waals surface area contributed by atoms with Gasteiger partial charge in [0.05, 0.1) is 11.1 Å². The van der Waals surface area contributed by atoms with E-state index in [0.717, 1.165) is 5.56 Å². The van der Waals surface area contributed by atoms with E-state index in [-0.39, 0.29) is 11.1 Å². The van der Waals surface area contributed by atoms with Crippen LogP contribution in [0, 0.1) is 0 Å². The third-order valence-corrected chi connectivity index (χ3v) is 5.07.